The molecule has 0 unspecified atom stereocenters. The Bertz CT molecular complexity index is 913. The molecule has 4 N–H and O–H groups in total. The number of nitrogens with one attached hydrogen (secondary N) is 2. The maximum absolute atomic E-state index is 12.6. The number of hydrogen-bond donors (Lipinski definition) is 3. The van der Waals surface area contributed by atoms with Crippen molar-refractivity contribution < 1.29 is 23.9 Å². The van der Waals surface area contributed by atoms with Crippen molar-refractivity contribution in [1.29, 1.82) is 0 Å². The number of aromatic amines is 1. The Morgan fingerprint density at radius 3 is 2.45 bits per heavy atom. The second-order valence-electron chi connectivity index (χ2n) is 8.85. The zero-order chi connectivity index (χ0) is 23.2. The van der Waals surface area contributed by atoms with Crippen LogP contribution >= 0.6 is 0 Å². The Morgan fingerprint density at radius 2 is 1.81 bits per heavy atom. The normalized spacial score (nSPS) is 13.6. The lowest BCUT2D eigenvalue weighted by Gasteiger charge is -2.22. The molecule has 170 valence electrons. The van der Waals surface area contributed by atoms with Crippen LogP contribution in [0.25, 0.3) is 10.9 Å². The SMILES string of the molecule is CC(C)OC(=O)[C@@H](Cc1c[nH]c2ccccc12)NC(=O)CC[C@@H](N)C(=O)OC(C)(C)C. The van der Waals surface area contributed by atoms with E-state index in [4.69, 9.17) is 15.2 Å². The van der Waals surface area contributed by atoms with Gasteiger partial charge in [0.05, 0.1) is 6.10 Å². The molecule has 0 aliphatic carbocycles. The molecule has 2 atom stereocenters. The zero-order valence-corrected chi connectivity index (χ0v) is 18.9. The second-order valence-corrected chi connectivity index (χ2v) is 8.85. The van der Waals surface area contributed by atoms with Crippen molar-refractivity contribution in [2.45, 2.75) is 77.7 Å². The van der Waals surface area contributed by atoms with E-state index in [9.17, 15) is 14.4 Å². The van der Waals surface area contributed by atoms with E-state index < -0.39 is 29.6 Å². The molecule has 2 rings (SSSR count). The molecule has 31 heavy (non-hydrogen) atoms. The average molecular weight is 432 g/mol. The predicted octanol–water partition coefficient (Wildman–Crippen LogP) is 2.60. The van der Waals surface area contributed by atoms with Gasteiger partial charge in [-0.15, -0.1) is 0 Å². The van der Waals surface area contributed by atoms with Gasteiger partial charge in [-0.2, -0.15) is 0 Å². The van der Waals surface area contributed by atoms with Crippen LogP contribution < -0.4 is 11.1 Å². The number of carbonyl (C=O) groups excluding carboxylic acids is 3. The van der Waals surface area contributed by atoms with Gasteiger partial charge in [-0.1, -0.05) is 18.2 Å². The largest absolute Gasteiger partial charge is 0.461 e. The summed E-state index contributed by atoms with van der Waals surface area (Å²) in [6.07, 6.45) is 1.89. The number of rotatable bonds is 9. The van der Waals surface area contributed by atoms with E-state index in [1.54, 1.807) is 34.6 Å². The Kier molecular flexibility index (Phi) is 8.21. The highest BCUT2D eigenvalue weighted by atomic mass is 16.6. The van der Waals surface area contributed by atoms with Crippen molar-refractivity contribution in [2.24, 2.45) is 5.73 Å². The standard InChI is InChI=1S/C23H33N3O5/c1-14(2)30-22(29)19(12-15-13-25-18-9-7-6-8-16(15)18)26-20(27)11-10-17(24)21(28)31-23(3,4)5/h6-9,13-14,17,19,25H,10-12,24H2,1-5H3,(H,26,27)/t17-,19-/m1/s1. The third-order valence-electron chi connectivity index (χ3n) is 4.46. The predicted molar refractivity (Wildman–Crippen MR) is 118 cm³/mol. The van der Waals surface area contributed by atoms with Crippen molar-refractivity contribution in [3.8, 4) is 0 Å². The Labute approximate surface area is 182 Å². The van der Waals surface area contributed by atoms with Gasteiger partial charge in [0.25, 0.3) is 0 Å². The molecule has 0 radical (unpaired) electrons. The van der Waals surface area contributed by atoms with E-state index in [1.165, 1.54) is 0 Å². The molecule has 0 bridgehead atoms. The molecule has 0 aliphatic rings. The van der Waals surface area contributed by atoms with Gasteiger partial charge in [0.2, 0.25) is 5.91 Å². The van der Waals surface area contributed by atoms with Gasteiger partial charge in [-0.3, -0.25) is 9.59 Å². The van der Waals surface area contributed by atoms with Crippen LogP contribution in [0.3, 0.4) is 0 Å². The number of benzene rings is 1. The number of ether oxygens (including phenoxy) is 2. The van der Waals surface area contributed by atoms with E-state index in [-0.39, 0.29) is 31.3 Å². The first-order chi connectivity index (χ1) is 14.5. The number of fused-ring (bicyclic) bond motifs is 1. The van der Waals surface area contributed by atoms with Crippen LogP contribution in [0.2, 0.25) is 0 Å². The monoisotopic (exact) mass is 431 g/mol. The lowest BCUT2D eigenvalue weighted by atomic mass is 10.0. The first-order valence-corrected chi connectivity index (χ1v) is 10.5. The van der Waals surface area contributed by atoms with Gasteiger partial charge in [-0.25, -0.2) is 4.79 Å². The number of nitrogens with two attached hydrogens (primary N) is 1. The quantitative estimate of drug-likeness (QED) is 0.524. The third-order valence-corrected chi connectivity index (χ3v) is 4.46. The van der Waals surface area contributed by atoms with Crippen LogP contribution in [-0.4, -0.2) is 46.6 Å². The van der Waals surface area contributed by atoms with Gasteiger partial charge in [0.15, 0.2) is 0 Å². The number of esters is 2. The first-order valence-electron chi connectivity index (χ1n) is 10.5. The van der Waals surface area contributed by atoms with E-state index in [1.807, 2.05) is 30.5 Å². The highest BCUT2D eigenvalue weighted by molar-refractivity contribution is 5.87. The van der Waals surface area contributed by atoms with Gasteiger partial charge in [-0.05, 0) is 52.7 Å². The molecule has 0 fully saturated rings. The molecule has 0 spiro atoms. The van der Waals surface area contributed by atoms with Crippen LogP contribution in [-0.2, 0) is 30.3 Å². The maximum Gasteiger partial charge on any atom is 0.329 e. The van der Waals surface area contributed by atoms with Crippen LogP contribution in [0, 0.1) is 0 Å². The summed E-state index contributed by atoms with van der Waals surface area (Å²) < 4.78 is 10.6. The number of amides is 1. The summed E-state index contributed by atoms with van der Waals surface area (Å²) in [6, 6.07) is 5.96. The van der Waals surface area contributed by atoms with Gasteiger partial charge in [0, 0.05) is 29.9 Å². The highest BCUT2D eigenvalue weighted by Gasteiger charge is 2.26. The fourth-order valence-corrected chi connectivity index (χ4v) is 3.08. The second kappa shape index (κ2) is 10.4. The van der Waals surface area contributed by atoms with Crippen LogP contribution in [0.15, 0.2) is 30.5 Å². The molecule has 1 heterocycles. The maximum atomic E-state index is 12.6. The smallest absolute Gasteiger partial charge is 0.329 e. The number of hydrogen-bond acceptors (Lipinski definition) is 6. The van der Waals surface area contributed by atoms with Crippen LogP contribution in [0.4, 0.5) is 0 Å². The Hall–Kier alpha value is -2.87. The van der Waals surface area contributed by atoms with Crippen molar-refractivity contribution in [2.75, 3.05) is 0 Å². The minimum atomic E-state index is -0.917. The van der Waals surface area contributed by atoms with Crippen LogP contribution in [0.5, 0.6) is 0 Å². The molecule has 0 saturated heterocycles. The molecule has 1 aromatic carbocycles. The number of aromatic nitrogens is 1. The third kappa shape index (κ3) is 7.71. The van der Waals surface area contributed by atoms with E-state index >= 15 is 0 Å². The van der Waals surface area contributed by atoms with Crippen molar-refractivity contribution in [3.05, 3.63) is 36.0 Å². The summed E-state index contributed by atoms with van der Waals surface area (Å²) >= 11 is 0. The molecule has 8 nitrogen and oxygen atoms in total. The first kappa shape index (κ1) is 24.4. The van der Waals surface area contributed by atoms with Gasteiger partial charge in [0.1, 0.15) is 17.7 Å². The fraction of sp³-hybridized carbons (Fsp3) is 0.522. The summed E-state index contributed by atoms with van der Waals surface area (Å²) in [5, 5.41) is 3.71. The highest BCUT2D eigenvalue weighted by Crippen LogP contribution is 2.20. The topological polar surface area (TPSA) is 124 Å². The molecule has 0 aliphatic heterocycles. The van der Waals surface area contributed by atoms with E-state index in [0.717, 1.165) is 16.5 Å². The van der Waals surface area contributed by atoms with Gasteiger partial charge < -0.3 is 25.5 Å². The molecular formula is C23H33N3O5. The summed E-state index contributed by atoms with van der Waals surface area (Å²) in [5.41, 5.74) is 7.04. The number of para-hydroxylation sites is 1. The molecule has 1 aromatic heterocycles. The lowest BCUT2D eigenvalue weighted by Crippen LogP contribution is -2.45. The van der Waals surface area contributed by atoms with Gasteiger partial charge >= 0.3 is 11.9 Å². The average Bonchev–Trinajstić information content (AvgIpc) is 3.06. The molecule has 8 heteroatoms. The summed E-state index contributed by atoms with van der Waals surface area (Å²) in [7, 11) is 0. The number of carbonyl (C=O) groups is 3. The summed E-state index contributed by atoms with van der Waals surface area (Å²) in [5.74, 6) is -1.45. The van der Waals surface area contributed by atoms with E-state index in [2.05, 4.69) is 10.3 Å². The summed E-state index contributed by atoms with van der Waals surface area (Å²) in [6.45, 7) is 8.75. The lowest BCUT2D eigenvalue weighted by molar-refractivity contribution is -0.157. The molecule has 1 amide bonds. The van der Waals surface area contributed by atoms with Crippen molar-refractivity contribution in [1.82, 2.24) is 10.3 Å². The summed E-state index contributed by atoms with van der Waals surface area (Å²) in [4.78, 5) is 40.3. The fourth-order valence-electron chi connectivity index (χ4n) is 3.08. The minimum absolute atomic E-state index is 0.0141. The van der Waals surface area contributed by atoms with Crippen molar-refractivity contribution in [3.63, 3.8) is 0 Å². The molecule has 2 aromatic rings. The number of H-pyrrole nitrogens is 1. The molecular weight excluding hydrogens is 398 g/mol. The Balaban J connectivity index is 2.03. The van der Waals surface area contributed by atoms with Crippen LogP contribution in [0.1, 0.15) is 53.0 Å². The Morgan fingerprint density at radius 1 is 1.13 bits per heavy atom. The van der Waals surface area contributed by atoms with E-state index in [0.29, 0.717) is 0 Å². The minimum Gasteiger partial charge on any atom is -0.461 e. The zero-order valence-electron chi connectivity index (χ0n) is 18.9. The van der Waals surface area contributed by atoms with Crippen molar-refractivity contribution >= 4 is 28.7 Å². The molecule has 0 saturated carbocycles.